The summed E-state index contributed by atoms with van der Waals surface area (Å²) in [6.45, 7) is 5.35. The Balaban J connectivity index is 0.00000261. The molecular formula is C17H29IN8O. The van der Waals surface area contributed by atoms with E-state index in [2.05, 4.69) is 34.8 Å². The SMILES string of the molecule is CN=C(NCc1cnc(N(C)C)n1C)N1CCN(Cc2ccon2)CC1.I. The second-order valence-electron chi connectivity index (χ2n) is 6.66. The lowest BCUT2D eigenvalue weighted by atomic mass is 10.3. The number of guanidine groups is 1. The molecular weight excluding hydrogens is 459 g/mol. The minimum atomic E-state index is 0. The summed E-state index contributed by atoms with van der Waals surface area (Å²) in [4.78, 5) is 15.6. The highest BCUT2D eigenvalue weighted by Crippen LogP contribution is 2.11. The number of halogens is 1. The van der Waals surface area contributed by atoms with E-state index in [0.717, 1.165) is 56.0 Å². The van der Waals surface area contributed by atoms with Crippen molar-refractivity contribution < 1.29 is 4.52 Å². The van der Waals surface area contributed by atoms with E-state index in [0.29, 0.717) is 6.54 Å². The summed E-state index contributed by atoms with van der Waals surface area (Å²) >= 11 is 0. The molecule has 1 aliphatic heterocycles. The molecule has 1 N–H and O–H groups in total. The predicted octanol–water partition coefficient (Wildman–Crippen LogP) is 0.985. The van der Waals surface area contributed by atoms with Crippen molar-refractivity contribution in [1.82, 2.24) is 29.8 Å². The molecule has 1 saturated heterocycles. The Morgan fingerprint density at radius 1 is 1.30 bits per heavy atom. The van der Waals surface area contributed by atoms with Crippen LogP contribution in [0.15, 0.2) is 28.0 Å². The highest BCUT2D eigenvalue weighted by Gasteiger charge is 2.20. The summed E-state index contributed by atoms with van der Waals surface area (Å²) in [5.41, 5.74) is 2.10. The minimum Gasteiger partial charge on any atom is -0.364 e. The maximum absolute atomic E-state index is 4.91. The first-order valence-corrected chi connectivity index (χ1v) is 8.83. The van der Waals surface area contributed by atoms with E-state index in [1.807, 2.05) is 45.4 Å². The maximum Gasteiger partial charge on any atom is 0.204 e. The lowest BCUT2D eigenvalue weighted by Gasteiger charge is -2.36. The zero-order chi connectivity index (χ0) is 18.5. The summed E-state index contributed by atoms with van der Waals surface area (Å²) in [5.74, 6) is 1.87. The number of hydrogen-bond acceptors (Lipinski definition) is 6. The molecule has 1 fully saturated rings. The van der Waals surface area contributed by atoms with Crippen LogP contribution in [0, 0.1) is 0 Å². The fourth-order valence-electron chi connectivity index (χ4n) is 3.18. The van der Waals surface area contributed by atoms with Gasteiger partial charge in [0.2, 0.25) is 5.95 Å². The molecule has 0 atom stereocenters. The molecule has 3 heterocycles. The van der Waals surface area contributed by atoms with Gasteiger partial charge in [-0.3, -0.25) is 9.89 Å². The van der Waals surface area contributed by atoms with Crippen molar-refractivity contribution in [2.45, 2.75) is 13.1 Å². The van der Waals surface area contributed by atoms with Gasteiger partial charge in [0.05, 0.1) is 24.1 Å². The van der Waals surface area contributed by atoms with Gasteiger partial charge in [0.25, 0.3) is 0 Å². The molecule has 0 aromatic carbocycles. The number of nitrogens with one attached hydrogen (secondary N) is 1. The Hall–Kier alpha value is -1.82. The van der Waals surface area contributed by atoms with E-state index in [9.17, 15) is 0 Å². The standard InChI is InChI=1S/C17H28N8O.HI/c1-18-16(19-11-15-12-20-17(22(2)3)23(15)4)25-8-6-24(7-9-25)13-14-5-10-26-21-14;/h5,10,12H,6-9,11,13H2,1-4H3,(H,18,19);1H. The summed E-state index contributed by atoms with van der Waals surface area (Å²) in [5, 5.41) is 7.45. The number of aromatic nitrogens is 3. The Kier molecular flexibility index (Phi) is 7.90. The summed E-state index contributed by atoms with van der Waals surface area (Å²) in [7, 11) is 7.86. The van der Waals surface area contributed by atoms with E-state index in [4.69, 9.17) is 4.52 Å². The molecule has 0 amide bonds. The van der Waals surface area contributed by atoms with Crippen molar-refractivity contribution in [2.75, 3.05) is 52.2 Å². The van der Waals surface area contributed by atoms with Crippen LogP contribution in [0.25, 0.3) is 0 Å². The molecule has 0 aliphatic carbocycles. The summed E-state index contributed by atoms with van der Waals surface area (Å²) in [6, 6.07) is 1.92. The fraction of sp³-hybridized carbons (Fsp3) is 0.588. The molecule has 3 rings (SSSR count). The summed E-state index contributed by atoms with van der Waals surface area (Å²) in [6.07, 6.45) is 3.53. The Morgan fingerprint density at radius 3 is 2.59 bits per heavy atom. The van der Waals surface area contributed by atoms with Crippen molar-refractivity contribution in [1.29, 1.82) is 0 Å². The third-order valence-corrected chi connectivity index (χ3v) is 4.65. The van der Waals surface area contributed by atoms with Crippen LogP contribution in [0.2, 0.25) is 0 Å². The smallest absolute Gasteiger partial charge is 0.204 e. The van der Waals surface area contributed by atoms with Gasteiger partial charge in [0, 0.05) is 67.0 Å². The van der Waals surface area contributed by atoms with Crippen LogP contribution < -0.4 is 10.2 Å². The largest absolute Gasteiger partial charge is 0.364 e. The van der Waals surface area contributed by atoms with E-state index in [1.165, 1.54) is 0 Å². The zero-order valence-electron chi connectivity index (χ0n) is 16.4. The highest BCUT2D eigenvalue weighted by atomic mass is 127. The Labute approximate surface area is 177 Å². The van der Waals surface area contributed by atoms with Crippen LogP contribution >= 0.6 is 24.0 Å². The molecule has 0 unspecified atom stereocenters. The molecule has 10 heteroatoms. The van der Waals surface area contributed by atoms with E-state index in [-0.39, 0.29) is 24.0 Å². The quantitative estimate of drug-likeness (QED) is 0.382. The van der Waals surface area contributed by atoms with Crippen LogP contribution in [-0.4, -0.2) is 77.8 Å². The number of nitrogens with zero attached hydrogens (tertiary/aromatic N) is 7. The van der Waals surface area contributed by atoms with E-state index in [1.54, 1.807) is 6.26 Å². The molecule has 0 saturated carbocycles. The van der Waals surface area contributed by atoms with Crippen molar-refractivity contribution in [2.24, 2.45) is 12.0 Å². The van der Waals surface area contributed by atoms with Gasteiger partial charge in [0.15, 0.2) is 5.96 Å². The first-order chi connectivity index (χ1) is 12.6. The van der Waals surface area contributed by atoms with Crippen LogP contribution in [0.1, 0.15) is 11.4 Å². The average Bonchev–Trinajstić information content (AvgIpc) is 3.27. The molecule has 2 aromatic rings. The number of hydrogen-bond donors (Lipinski definition) is 1. The van der Waals surface area contributed by atoms with Gasteiger partial charge in [-0.2, -0.15) is 0 Å². The van der Waals surface area contributed by atoms with Crippen molar-refractivity contribution in [3.8, 4) is 0 Å². The Bertz CT molecular complexity index is 719. The third-order valence-electron chi connectivity index (χ3n) is 4.65. The molecule has 0 bridgehead atoms. The zero-order valence-corrected chi connectivity index (χ0v) is 18.8. The minimum absolute atomic E-state index is 0. The third kappa shape index (κ3) is 5.34. The first-order valence-electron chi connectivity index (χ1n) is 8.83. The second kappa shape index (κ2) is 9.93. The molecule has 150 valence electrons. The van der Waals surface area contributed by atoms with Crippen LogP contribution in [0.3, 0.4) is 0 Å². The monoisotopic (exact) mass is 488 g/mol. The van der Waals surface area contributed by atoms with Crippen LogP contribution in [0.4, 0.5) is 5.95 Å². The number of piperazine rings is 1. The molecule has 9 nitrogen and oxygen atoms in total. The normalized spacial score (nSPS) is 15.6. The van der Waals surface area contributed by atoms with E-state index < -0.39 is 0 Å². The number of anilines is 1. The average molecular weight is 488 g/mol. The predicted molar refractivity (Wildman–Crippen MR) is 117 cm³/mol. The van der Waals surface area contributed by atoms with E-state index >= 15 is 0 Å². The summed E-state index contributed by atoms with van der Waals surface area (Å²) < 4.78 is 7.00. The Morgan fingerprint density at radius 2 is 2.04 bits per heavy atom. The van der Waals surface area contributed by atoms with Gasteiger partial charge in [-0.05, 0) is 0 Å². The maximum atomic E-state index is 4.91. The topological polar surface area (TPSA) is 78.0 Å². The molecule has 0 spiro atoms. The van der Waals surface area contributed by atoms with Crippen molar-refractivity contribution in [3.05, 3.63) is 29.9 Å². The number of imidazole rings is 1. The van der Waals surface area contributed by atoms with Crippen molar-refractivity contribution >= 4 is 35.9 Å². The van der Waals surface area contributed by atoms with Gasteiger partial charge in [-0.25, -0.2) is 4.98 Å². The van der Waals surface area contributed by atoms with Crippen LogP contribution in [-0.2, 0) is 20.1 Å². The van der Waals surface area contributed by atoms with Gasteiger partial charge < -0.3 is 24.2 Å². The molecule has 27 heavy (non-hydrogen) atoms. The second-order valence-corrected chi connectivity index (χ2v) is 6.66. The fourth-order valence-corrected chi connectivity index (χ4v) is 3.18. The molecule has 0 radical (unpaired) electrons. The first kappa shape index (κ1) is 21.5. The highest BCUT2D eigenvalue weighted by molar-refractivity contribution is 14.0. The van der Waals surface area contributed by atoms with Gasteiger partial charge >= 0.3 is 0 Å². The molecule has 1 aliphatic rings. The van der Waals surface area contributed by atoms with Crippen molar-refractivity contribution in [3.63, 3.8) is 0 Å². The van der Waals surface area contributed by atoms with Gasteiger partial charge in [-0.15, -0.1) is 24.0 Å². The van der Waals surface area contributed by atoms with Gasteiger partial charge in [0.1, 0.15) is 6.26 Å². The lowest BCUT2D eigenvalue weighted by molar-refractivity contribution is 0.169. The lowest BCUT2D eigenvalue weighted by Crippen LogP contribution is -2.52. The number of rotatable bonds is 5. The van der Waals surface area contributed by atoms with Gasteiger partial charge in [-0.1, -0.05) is 5.16 Å². The molecule has 2 aromatic heterocycles. The number of aliphatic imine (C=N–C) groups is 1. The van der Waals surface area contributed by atoms with Crippen LogP contribution in [0.5, 0.6) is 0 Å².